The van der Waals surface area contributed by atoms with Gasteiger partial charge < -0.3 is 15.2 Å². The summed E-state index contributed by atoms with van der Waals surface area (Å²) in [4.78, 5) is 17.7. The Bertz CT molecular complexity index is 987. The Labute approximate surface area is 173 Å². The summed E-state index contributed by atoms with van der Waals surface area (Å²) < 4.78 is 39.2. The summed E-state index contributed by atoms with van der Waals surface area (Å²) in [5, 5.41) is 3.95. The predicted molar refractivity (Wildman–Crippen MR) is 110 cm³/mol. The highest BCUT2D eigenvalue weighted by atomic mass is 19.4. The van der Waals surface area contributed by atoms with Crippen molar-refractivity contribution >= 4 is 16.9 Å². The Morgan fingerprint density at radius 2 is 1.77 bits per heavy atom. The zero-order chi connectivity index (χ0) is 21.1. The summed E-state index contributed by atoms with van der Waals surface area (Å²) in [7, 11) is 0. The van der Waals surface area contributed by atoms with Crippen LogP contribution in [0.2, 0.25) is 0 Å². The number of aromatic nitrogens is 1. The van der Waals surface area contributed by atoms with Gasteiger partial charge in [0.05, 0.1) is 5.56 Å². The van der Waals surface area contributed by atoms with E-state index in [0.717, 1.165) is 24.4 Å². The minimum absolute atomic E-state index is 0.146. The second kappa shape index (κ2) is 8.42. The van der Waals surface area contributed by atoms with E-state index < -0.39 is 11.7 Å². The van der Waals surface area contributed by atoms with Crippen LogP contribution >= 0.6 is 0 Å². The second-order valence-corrected chi connectivity index (χ2v) is 7.71. The number of piperidine rings is 1. The molecule has 2 N–H and O–H groups in total. The Balaban J connectivity index is 1.28. The number of carbonyl (C=O) groups is 1. The molecule has 30 heavy (non-hydrogen) atoms. The Morgan fingerprint density at radius 3 is 2.50 bits per heavy atom. The van der Waals surface area contributed by atoms with Crippen molar-refractivity contribution in [2.75, 3.05) is 19.6 Å². The zero-order valence-corrected chi connectivity index (χ0v) is 16.5. The van der Waals surface area contributed by atoms with Crippen LogP contribution in [-0.4, -0.2) is 35.5 Å². The van der Waals surface area contributed by atoms with E-state index in [1.807, 2.05) is 12.1 Å². The third kappa shape index (κ3) is 4.45. The molecule has 4 rings (SSSR count). The van der Waals surface area contributed by atoms with Crippen LogP contribution in [0.5, 0.6) is 0 Å². The largest absolute Gasteiger partial charge is 0.416 e. The summed E-state index contributed by atoms with van der Waals surface area (Å²) >= 11 is 0. The van der Waals surface area contributed by atoms with Gasteiger partial charge >= 0.3 is 12.2 Å². The first-order chi connectivity index (χ1) is 14.4. The van der Waals surface area contributed by atoms with Crippen LogP contribution in [-0.2, 0) is 12.6 Å². The number of aromatic amines is 1. The molecule has 2 heterocycles. The number of halogens is 3. The molecule has 2 aromatic carbocycles. The Kier molecular flexibility index (Phi) is 5.70. The van der Waals surface area contributed by atoms with Crippen LogP contribution in [0.1, 0.15) is 35.6 Å². The van der Waals surface area contributed by atoms with Crippen molar-refractivity contribution < 1.29 is 18.0 Å². The molecule has 158 valence electrons. The number of hydrogen-bond acceptors (Lipinski definition) is 1. The number of rotatable bonds is 4. The second-order valence-electron chi connectivity index (χ2n) is 7.71. The number of benzene rings is 2. The molecule has 1 aromatic heterocycles. The summed E-state index contributed by atoms with van der Waals surface area (Å²) in [6, 6.07) is 15.6. The van der Waals surface area contributed by atoms with Crippen LogP contribution < -0.4 is 5.32 Å². The van der Waals surface area contributed by atoms with Gasteiger partial charge in [0, 0.05) is 36.8 Å². The molecule has 0 spiro atoms. The Hall–Kier alpha value is -2.96. The van der Waals surface area contributed by atoms with E-state index in [1.165, 1.54) is 23.2 Å². The van der Waals surface area contributed by atoms with Crippen LogP contribution in [0, 0.1) is 0 Å². The number of fused-ring (bicyclic) bond motifs is 1. The summed E-state index contributed by atoms with van der Waals surface area (Å²) in [6.07, 6.45) is -2.52. The first-order valence-electron chi connectivity index (χ1n) is 10.2. The molecule has 0 radical (unpaired) electrons. The van der Waals surface area contributed by atoms with Crippen LogP contribution in [0.4, 0.5) is 18.0 Å². The maximum Gasteiger partial charge on any atom is 0.416 e. The molecule has 0 unspecified atom stereocenters. The molecule has 7 heteroatoms. The zero-order valence-electron chi connectivity index (χ0n) is 16.5. The third-order valence-electron chi connectivity index (χ3n) is 5.77. The number of amides is 2. The lowest BCUT2D eigenvalue weighted by Crippen LogP contribution is -2.44. The van der Waals surface area contributed by atoms with Crippen molar-refractivity contribution in [1.82, 2.24) is 15.2 Å². The number of nitrogens with one attached hydrogen (secondary N) is 2. The van der Waals surface area contributed by atoms with Gasteiger partial charge in [-0.1, -0.05) is 36.4 Å². The number of para-hydroxylation sites is 1. The van der Waals surface area contributed by atoms with Gasteiger partial charge in [0.25, 0.3) is 0 Å². The van der Waals surface area contributed by atoms with Gasteiger partial charge in [-0.3, -0.25) is 0 Å². The molecule has 1 aliphatic rings. The van der Waals surface area contributed by atoms with Gasteiger partial charge in [0.15, 0.2) is 0 Å². The fourth-order valence-corrected chi connectivity index (χ4v) is 4.14. The molecule has 1 fully saturated rings. The van der Waals surface area contributed by atoms with Gasteiger partial charge in [0.1, 0.15) is 0 Å². The average molecular weight is 415 g/mol. The topological polar surface area (TPSA) is 48.1 Å². The summed E-state index contributed by atoms with van der Waals surface area (Å²) in [5.41, 5.74) is 1.87. The fourth-order valence-electron chi connectivity index (χ4n) is 4.14. The standard InChI is InChI=1S/C23H24F3N3O/c24-23(25,26)19-7-3-1-5-16(19)9-12-27-22(30)29-13-10-17(11-14-29)21-15-18-6-2-4-8-20(18)28-21/h1-8,15,17,28H,9-14H2,(H,27,30). The monoisotopic (exact) mass is 415 g/mol. The maximum atomic E-state index is 13.1. The molecular weight excluding hydrogens is 391 g/mol. The van der Waals surface area contributed by atoms with Gasteiger partial charge in [-0.15, -0.1) is 0 Å². The minimum atomic E-state index is -4.38. The molecule has 0 aliphatic carbocycles. The predicted octanol–water partition coefficient (Wildman–Crippen LogP) is 5.32. The first kappa shape index (κ1) is 20.3. The molecule has 3 aromatic rings. The number of hydrogen-bond donors (Lipinski definition) is 2. The summed E-state index contributed by atoms with van der Waals surface area (Å²) in [5.74, 6) is 0.375. The SMILES string of the molecule is O=C(NCCc1ccccc1C(F)(F)F)N1CCC(c2cc3ccccc3[nH]2)CC1. The van der Waals surface area contributed by atoms with Crippen LogP contribution in [0.15, 0.2) is 54.6 Å². The highest BCUT2D eigenvalue weighted by Gasteiger charge is 2.32. The van der Waals surface area contributed by atoms with Gasteiger partial charge in [0.2, 0.25) is 0 Å². The number of carbonyl (C=O) groups excluding carboxylic acids is 1. The molecule has 0 bridgehead atoms. The lowest BCUT2D eigenvalue weighted by molar-refractivity contribution is -0.138. The molecule has 1 aliphatic heterocycles. The molecule has 2 amide bonds. The van der Waals surface area contributed by atoms with E-state index in [9.17, 15) is 18.0 Å². The normalized spacial score (nSPS) is 15.5. The maximum absolute atomic E-state index is 13.1. The smallest absolute Gasteiger partial charge is 0.358 e. The van der Waals surface area contributed by atoms with E-state index >= 15 is 0 Å². The van der Waals surface area contributed by atoms with E-state index in [-0.39, 0.29) is 24.6 Å². The van der Waals surface area contributed by atoms with E-state index in [2.05, 4.69) is 28.5 Å². The van der Waals surface area contributed by atoms with Gasteiger partial charge in [-0.05, 0) is 48.4 Å². The molecular formula is C23H24F3N3O. The van der Waals surface area contributed by atoms with Crippen molar-refractivity contribution in [3.8, 4) is 0 Å². The van der Waals surface area contributed by atoms with Crippen molar-refractivity contribution in [2.45, 2.75) is 31.4 Å². The Morgan fingerprint density at radius 1 is 1.07 bits per heavy atom. The summed E-state index contributed by atoms with van der Waals surface area (Å²) in [6.45, 7) is 1.43. The quantitative estimate of drug-likeness (QED) is 0.595. The number of urea groups is 1. The lowest BCUT2D eigenvalue weighted by atomic mass is 9.94. The number of likely N-dealkylation sites (tertiary alicyclic amines) is 1. The fraction of sp³-hybridized carbons (Fsp3) is 0.348. The molecule has 1 saturated heterocycles. The average Bonchev–Trinajstić information content (AvgIpc) is 3.18. The number of alkyl halides is 3. The number of nitrogens with zero attached hydrogens (tertiary/aromatic N) is 1. The molecule has 0 saturated carbocycles. The van der Waals surface area contributed by atoms with Crippen molar-refractivity contribution in [1.29, 1.82) is 0 Å². The highest BCUT2D eigenvalue weighted by Crippen LogP contribution is 2.32. The van der Waals surface area contributed by atoms with Crippen LogP contribution in [0.25, 0.3) is 10.9 Å². The van der Waals surface area contributed by atoms with Crippen molar-refractivity contribution in [3.05, 3.63) is 71.4 Å². The van der Waals surface area contributed by atoms with Crippen molar-refractivity contribution in [2.24, 2.45) is 0 Å². The van der Waals surface area contributed by atoms with E-state index in [4.69, 9.17) is 0 Å². The van der Waals surface area contributed by atoms with Gasteiger partial charge in [-0.25, -0.2) is 4.79 Å². The molecule has 0 atom stereocenters. The molecule has 4 nitrogen and oxygen atoms in total. The minimum Gasteiger partial charge on any atom is -0.358 e. The first-order valence-corrected chi connectivity index (χ1v) is 10.2. The van der Waals surface area contributed by atoms with Crippen LogP contribution in [0.3, 0.4) is 0 Å². The van der Waals surface area contributed by atoms with Gasteiger partial charge in [-0.2, -0.15) is 13.2 Å². The van der Waals surface area contributed by atoms with E-state index in [0.29, 0.717) is 19.0 Å². The van der Waals surface area contributed by atoms with Crippen molar-refractivity contribution in [3.63, 3.8) is 0 Å². The third-order valence-corrected chi connectivity index (χ3v) is 5.77. The van der Waals surface area contributed by atoms with E-state index in [1.54, 1.807) is 11.0 Å². The number of H-pyrrole nitrogens is 1. The highest BCUT2D eigenvalue weighted by molar-refractivity contribution is 5.80. The lowest BCUT2D eigenvalue weighted by Gasteiger charge is -2.31.